The molecule has 4 rings (SSSR count). The van der Waals surface area contributed by atoms with Crippen molar-refractivity contribution in [1.82, 2.24) is 20.5 Å². The van der Waals surface area contributed by atoms with Crippen LogP contribution >= 0.6 is 23.7 Å². The molecule has 0 bridgehead atoms. The summed E-state index contributed by atoms with van der Waals surface area (Å²) in [4.78, 5) is 16.8. The highest BCUT2D eigenvalue weighted by atomic mass is 35.5. The van der Waals surface area contributed by atoms with Crippen LogP contribution in [0.25, 0.3) is 10.2 Å². The van der Waals surface area contributed by atoms with Crippen molar-refractivity contribution in [1.29, 1.82) is 0 Å². The number of benzene rings is 1. The first kappa shape index (κ1) is 20.4. The maximum Gasteiger partial charge on any atom is 0.422 e. The van der Waals surface area contributed by atoms with Crippen molar-refractivity contribution in [3.05, 3.63) is 35.2 Å². The van der Waals surface area contributed by atoms with Crippen LogP contribution in [0.1, 0.15) is 21.7 Å². The summed E-state index contributed by atoms with van der Waals surface area (Å²) >= 11 is 1.15. The van der Waals surface area contributed by atoms with Crippen LogP contribution in [0.15, 0.2) is 18.2 Å². The molecule has 0 spiro atoms. The molecule has 0 unspecified atom stereocenters. The fourth-order valence-corrected chi connectivity index (χ4v) is 3.67. The molecular formula is C16H15ClF3N5O2S. The Morgan fingerprint density at radius 2 is 2.18 bits per heavy atom. The van der Waals surface area contributed by atoms with Crippen molar-refractivity contribution >= 4 is 45.0 Å². The Balaban J connectivity index is 0.00000225. The maximum absolute atomic E-state index is 12.5. The van der Waals surface area contributed by atoms with E-state index in [-0.39, 0.29) is 24.1 Å². The molecule has 3 aromatic rings. The van der Waals surface area contributed by atoms with E-state index < -0.39 is 12.8 Å². The summed E-state index contributed by atoms with van der Waals surface area (Å²) in [5.41, 5.74) is 2.64. The normalized spacial score (nSPS) is 13.7. The summed E-state index contributed by atoms with van der Waals surface area (Å²) in [6, 6.07) is 4.43. The Morgan fingerprint density at radius 1 is 1.36 bits per heavy atom. The van der Waals surface area contributed by atoms with Gasteiger partial charge < -0.3 is 10.1 Å². The summed E-state index contributed by atoms with van der Waals surface area (Å²) in [5, 5.41) is 13.2. The lowest BCUT2D eigenvalue weighted by Gasteiger charge is -2.12. The number of alkyl halides is 3. The van der Waals surface area contributed by atoms with Crippen LogP contribution in [0.2, 0.25) is 0 Å². The Morgan fingerprint density at radius 3 is 2.96 bits per heavy atom. The van der Waals surface area contributed by atoms with Gasteiger partial charge in [-0.2, -0.15) is 18.3 Å². The number of halogens is 4. The number of hydrogen-bond donors (Lipinski definition) is 3. The number of rotatable bonds is 4. The lowest BCUT2D eigenvalue weighted by molar-refractivity contribution is -0.153. The topological polar surface area (TPSA) is 91.9 Å². The predicted molar refractivity (Wildman–Crippen MR) is 100 cm³/mol. The molecule has 1 aromatic carbocycles. The largest absolute Gasteiger partial charge is 0.484 e. The smallest absolute Gasteiger partial charge is 0.422 e. The van der Waals surface area contributed by atoms with Crippen LogP contribution in [0, 0.1) is 0 Å². The van der Waals surface area contributed by atoms with E-state index in [4.69, 9.17) is 4.74 Å². The number of anilines is 1. The molecule has 0 atom stereocenters. The molecule has 150 valence electrons. The van der Waals surface area contributed by atoms with E-state index in [0.29, 0.717) is 27.6 Å². The number of carbonyl (C=O) groups is 1. The minimum atomic E-state index is -4.40. The SMILES string of the molecule is Cl.O=C(Nc1nc2ccc(OCC(F)(F)F)cc2s1)c1n[nH]c2c1CNCC2. The molecule has 1 aliphatic heterocycles. The van der Waals surface area contributed by atoms with Gasteiger partial charge in [-0.15, -0.1) is 12.4 Å². The third-order valence-electron chi connectivity index (χ3n) is 4.00. The number of nitrogens with one attached hydrogen (secondary N) is 3. The third-order valence-corrected chi connectivity index (χ3v) is 4.94. The van der Waals surface area contributed by atoms with E-state index in [1.807, 2.05) is 0 Å². The number of H-pyrrole nitrogens is 1. The van der Waals surface area contributed by atoms with Gasteiger partial charge in [0.2, 0.25) is 0 Å². The number of carbonyl (C=O) groups excluding carboxylic acids is 1. The van der Waals surface area contributed by atoms with Gasteiger partial charge in [-0.25, -0.2) is 4.98 Å². The first-order valence-electron chi connectivity index (χ1n) is 8.07. The Hall–Kier alpha value is -2.37. The molecule has 1 amide bonds. The lowest BCUT2D eigenvalue weighted by atomic mass is 10.1. The van der Waals surface area contributed by atoms with Gasteiger partial charge in [-0.3, -0.25) is 15.2 Å². The molecule has 0 fully saturated rings. The molecule has 0 saturated carbocycles. The molecule has 12 heteroatoms. The van der Waals surface area contributed by atoms with Gasteiger partial charge in [0.25, 0.3) is 5.91 Å². The Labute approximate surface area is 167 Å². The first-order chi connectivity index (χ1) is 12.9. The van der Waals surface area contributed by atoms with Gasteiger partial charge in [-0.05, 0) is 18.2 Å². The van der Waals surface area contributed by atoms with E-state index in [1.54, 1.807) is 6.07 Å². The van der Waals surface area contributed by atoms with Crippen molar-refractivity contribution in [2.75, 3.05) is 18.5 Å². The minimum Gasteiger partial charge on any atom is -0.484 e. The highest BCUT2D eigenvalue weighted by Crippen LogP contribution is 2.30. The second-order valence-electron chi connectivity index (χ2n) is 5.96. The second kappa shape index (κ2) is 7.94. The van der Waals surface area contributed by atoms with E-state index in [2.05, 4.69) is 25.8 Å². The second-order valence-corrected chi connectivity index (χ2v) is 6.99. The fourth-order valence-electron chi connectivity index (χ4n) is 2.78. The van der Waals surface area contributed by atoms with Crippen molar-refractivity contribution < 1.29 is 22.7 Å². The summed E-state index contributed by atoms with van der Waals surface area (Å²) in [6.07, 6.45) is -3.63. The number of thiazole rings is 1. The van der Waals surface area contributed by atoms with Gasteiger partial charge >= 0.3 is 6.18 Å². The Bertz CT molecular complexity index is 1000. The van der Waals surface area contributed by atoms with Crippen molar-refractivity contribution in [2.24, 2.45) is 0 Å². The molecule has 1 aliphatic rings. The third kappa shape index (κ3) is 4.37. The van der Waals surface area contributed by atoms with Gasteiger partial charge in [0.15, 0.2) is 17.4 Å². The van der Waals surface area contributed by atoms with E-state index >= 15 is 0 Å². The van der Waals surface area contributed by atoms with Crippen LogP contribution in [0.5, 0.6) is 5.75 Å². The molecule has 0 aliphatic carbocycles. The molecule has 3 N–H and O–H groups in total. The number of nitrogens with zero attached hydrogens (tertiary/aromatic N) is 2. The molecular weight excluding hydrogens is 419 g/mol. The number of aromatic amines is 1. The number of ether oxygens (including phenoxy) is 1. The lowest BCUT2D eigenvalue weighted by Crippen LogP contribution is -2.25. The molecule has 0 saturated heterocycles. The van der Waals surface area contributed by atoms with Crippen LogP contribution < -0.4 is 15.4 Å². The van der Waals surface area contributed by atoms with E-state index in [9.17, 15) is 18.0 Å². The van der Waals surface area contributed by atoms with Crippen LogP contribution in [0.4, 0.5) is 18.3 Å². The highest BCUT2D eigenvalue weighted by molar-refractivity contribution is 7.22. The van der Waals surface area contributed by atoms with Gasteiger partial charge in [0.1, 0.15) is 5.75 Å². The van der Waals surface area contributed by atoms with Crippen molar-refractivity contribution in [3.8, 4) is 5.75 Å². The summed E-state index contributed by atoms with van der Waals surface area (Å²) in [7, 11) is 0. The van der Waals surface area contributed by atoms with E-state index in [1.165, 1.54) is 12.1 Å². The van der Waals surface area contributed by atoms with Crippen molar-refractivity contribution in [3.63, 3.8) is 0 Å². The van der Waals surface area contributed by atoms with Crippen LogP contribution in [0.3, 0.4) is 0 Å². The van der Waals surface area contributed by atoms with Crippen molar-refractivity contribution in [2.45, 2.75) is 19.1 Å². The maximum atomic E-state index is 12.5. The van der Waals surface area contributed by atoms with Gasteiger partial charge in [0.05, 0.1) is 10.2 Å². The monoisotopic (exact) mass is 433 g/mol. The molecule has 3 heterocycles. The first-order valence-corrected chi connectivity index (χ1v) is 8.89. The predicted octanol–water partition coefficient (Wildman–Crippen LogP) is 3.28. The number of hydrogen-bond acceptors (Lipinski definition) is 6. The summed E-state index contributed by atoms with van der Waals surface area (Å²) in [6.45, 7) is 0.0282. The standard InChI is InChI=1S/C16H14F3N5O2S.ClH/c17-16(18,19)7-26-8-1-2-11-12(5-8)27-15(21-11)22-14(25)13-9-6-20-4-3-10(9)23-24-13;/h1-2,5,20H,3-4,6-7H2,(H,23,24)(H,21,22,25);1H. The average molecular weight is 434 g/mol. The quantitative estimate of drug-likeness (QED) is 0.587. The molecule has 28 heavy (non-hydrogen) atoms. The number of aromatic nitrogens is 3. The van der Waals surface area contributed by atoms with Crippen LogP contribution in [-0.4, -0.2) is 40.4 Å². The average Bonchev–Trinajstić information content (AvgIpc) is 3.22. The Kier molecular flexibility index (Phi) is 5.77. The van der Waals surface area contributed by atoms with Gasteiger partial charge in [0, 0.05) is 30.8 Å². The summed E-state index contributed by atoms with van der Waals surface area (Å²) < 4.78 is 42.1. The van der Waals surface area contributed by atoms with E-state index in [0.717, 1.165) is 35.6 Å². The molecule has 2 aromatic heterocycles. The zero-order chi connectivity index (χ0) is 19.0. The molecule has 0 radical (unpaired) electrons. The fraction of sp³-hybridized carbons (Fsp3) is 0.312. The number of fused-ring (bicyclic) bond motifs is 2. The zero-order valence-corrected chi connectivity index (χ0v) is 15.9. The van der Waals surface area contributed by atoms with Crippen LogP contribution in [-0.2, 0) is 13.0 Å². The number of amides is 1. The highest BCUT2D eigenvalue weighted by Gasteiger charge is 2.28. The summed E-state index contributed by atoms with van der Waals surface area (Å²) in [5.74, 6) is -0.294. The zero-order valence-electron chi connectivity index (χ0n) is 14.2. The van der Waals surface area contributed by atoms with Gasteiger partial charge in [-0.1, -0.05) is 11.3 Å². The minimum absolute atomic E-state index is 0. The molecule has 7 nitrogen and oxygen atoms in total.